The maximum atomic E-state index is 13.2. The van der Waals surface area contributed by atoms with Gasteiger partial charge in [-0.1, -0.05) is 77.8 Å². The largest absolute Gasteiger partial charge is 0.385 e. The topological polar surface area (TPSA) is 45.5 Å². The molecule has 186 valence electrons. The van der Waals surface area contributed by atoms with Gasteiger partial charge in [-0.05, 0) is 66.6 Å². The summed E-state index contributed by atoms with van der Waals surface area (Å²) in [6, 6.07) is 25.5. The van der Waals surface area contributed by atoms with Crippen molar-refractivity contribution in [1.82, 2.24) is 9.47 Å². The van der Waals surface area contributed by atoms with E-state index >= 15 is 0 Å². The molecule has 1 aliphatic rings. The molecule has 0 unspecified atom stereocenters. The summed E-state index contributed by atoms with van der Waals surface area (Å²) in [7, 11) is 1.84. The van der Waals surface area contributed by atoms with Gasteiger partial charge in [0.2, 0.25) is 0 Å². The number of halogens is 2. The molecule has 1 atom stereocenters. The highest BCUT2D eigenvalue weighted by atomic mass is 35.5. The molecule has 6 heteroatoms. The second-order valence-electron chi connectivity index (χ2n) is 9.77. The number of nitrogens with zero attached hydrogens (tertiary/aromatic N) is 2. The number of aliphatic hydroxyl groups is 1. The van der Waals surface area contributed by atoms with Crippen molar-refractivity contribution in [2.24, 2.45) is 7.05 Å². The smallest absolute Gasteiger partial charge is 0.258 e. The molecule has 0 saturated carbocycles. The molecule has 4 nitrogen and oxygen atoms in total. The van der Waals surface area contributed by atoms with Crippen LogP contribution in [-0.4, -0.2) is 34.2 Å². The minimum Gasteiger partial charge on any atom is -0.385 e. The Morgan fingerprint density at radius 1 is 0.917 bits per heavy atom. The third-order valence-electron chi connectivity index (χ3n) is 7.62. The Balaban J connectivity index is 1.41. The SMILES string of the molecule is Cn1c([C@@H](CCN2CCC(O)(c3ccccc3)CC2)c2ccc(Cl)c(Cl)c2)cc2ccccc2c1=O. The van der Waals surface area contributed by atoms with Gasteiger partial charge in [-0.25, -0.2) is 0 Å². The monoisotopic (exact) mass is 520 g/mol. The highest BCUT2D eigenvalue weighted by Gasteiger charge is 2.34. The van der Waals surface area contributed by atoms with Crippen molar-refractivity contribution >= 4 is 34.0 Å². The van der Waals surface area contributed by atoms with Crippen molar-refractivity contribution in [3.63, 3.8) is 0 Å². The van der Waals surface area contributed by atoms with Gasteiger partial charge in [0.25, 0.3) is 5.56 Å². The number of fused-ring (bicyclic) bond motifs is 1. The fourth-order valence-corrected chi connectivity index (χ4v) is 5.72. The second kappa shape index (κ2) is 10.4. The maximum absolute atomic E-state index is 13.2. The fraction of sp³-hybridized carbons (Fsp3) is 0.300. The number of piperidine rings is 1. The lowest BCUT2D eigenvalue weighted by atomic mass is 9.84. The third kappa shape index (κ3) is 4.96. The van der Waals surface area contributed by atoms with Crippen LogP contribution < -0.4 is 5.56 Å². The lowest BCUT2D eigenvalue weighted by molar-refractivity contribution is -0.0262. The maximum Gasteiger partial charge on any atom is 0.258 e. The number of hydrogen-bond acceptors (Lipinski definition) is 3. The van der Waals surface area contributed by atoms with Crippen molar-refractivity contribution in [2.75, 3.05) is 19.6 Å². The van der Waals surface area contributed by atoms with Crippen LogP contribution in [0.5, 0.6) is 0 Å². The first-order valence-electron chi connectivity index (χ1n) is 12.4. The van der Waals surface area contributed by atoms with Crippen LogP contribution in [-0.2, 0) is 12.6 Å². The number of pyridine rings is 1. The van der Waals surface area contributed by atoms with Gasteiger partial charge < -0.3 is 14.6 Å². The Bertz CT molecular complexity index is 1430. The quantitative estimate of drug-likeness (QED) is 0.322. The summed E-state index contributed by atoms with van der Waals surface area (Å²) in [5.41, 5.74) is 2.20. The molecule has 2 heterocycles. The lowest BCUT2D eigenvalue weighted by Crippen LogP contribution is -2.43. The molecule has 1 aliphatic heterocycles. The third-order valence-corrected chi connectivity index (χ3v) is 8.36. The van der Waals surface area contributed by atoms with E-state index in [2.05, 4.69) is 11.0 Å². The predicted molar refractivity (Wildman–Crippen MR) is 148 cm³/mol. The second-order valence-corrected chi connectivity index (χ2v) is 10.6. The molecule has 1 aromatic heterocycles. The zero-order valence-corrected chi connectivity index (χ0v) is 21.8. The van der Waals surface area contributed by atoms with Crippen molar-refractivity contribution in [3.8, 4) is 0 Å². The highest BCUT2D eigenvalue weighted by molar-refractivity contribution is 6.42. The molecule has 4 aromatic rings. The molecule has 1 fully saturated rings. The lowest BCUT2D eigenvalue weighted by Gasteiger charge is -2.39. The number of aromatic nitrogens is 1. The highest BCUT2D eigenvalue weighted by Crippen LogP contribution is 2.35. The first-order chi connectivity index (χ1) is 17.4. The first kappa shape index (κ1) is 25.0. The number of benzene rings is 3. The van der Waals surface area contributed by atoms with Gasteiger partial charge in [-0.3, -0.25) is 4.79 Å². The molecule has 0 amide bonds. The van der Waals surface area contributed by atoms with Crippen molar-refractivity contribution in [1.29, 1.82) is 0 Å². The van der Waals surface area contributed by atoms with E-state index in [0.29, 0.717) is 28.3 Å². The average Bonchev–Trinajstić information content (AvgIpc) is 2.90. The molecule has 3 aromatic carbocycles. The zero-order valence-electron chi connectivity index (χ0n) is 20.3. The van der Waals surface area contributed by atoms with E-state index < -0.39 is 5.60 Å². The molecule has 36 heavy (non-hydrogen) atoms. The van der Waals surface area contributed by atoms with E-state index in [1.807, 2.05) is 79.8 Å². The summed E-state index contributed by atoms with van der Waals surface area (Å²) in [5.74, 6) is -0.0305. The van der Waals surface area contributed by atoms with Crippen molar-refractivity contribution in [2.45, 2.75) is 30.8 Å². The molecule has 0 aliphatic carbocycles. The van der Waals surface area contributed by atoms with E-state index in [9.17, 15) is 9.90 Å². The van der Waals surface area contributed by atoms with Gasteiger partial charge >= 0.3 is 0 Å². The Kier molecular flexibility index (Phi) is 7.23. The molecular formula is C30H30Cl2N2O2. The van der Waals surface area contributed by atoms with E-state index in [0.717, 1.165) is 48.3 Å². The molecule has 1 saturated heterocycles. The number of hydrogen-bond donors (Lipinski definition) is 1. The van der Waals surface area contributed by atoms with Gasteiger partial charge in [0, 0.05) is 37.1 Å². The molecule has 0 radical (unpaired) electrons. The molecule has 5 rings (SSSR count). The van der Waals surface area contributed by atoms with Crippen molar-refractivity contribution in [3.05, 3.63) is 116 Å². The summed E-state index contributed by atoms with van der Waals surface area (Å²) in [5, 5.41) is 13.9. The first-order valence-corrected chi connectivity index (χ1v) is 13.2. The van der Waals surface area contributed by atoms with E-state index in [-0.39, 0.29) is 11.5 Å². The Morgan fingerprint density at radius 3 is 2.33 bits per heavy atom. The number of rotatable bonds is 6. The molecule has 1 N–H and O–H groups in total. The standard InChI is InChI=1S/C30H30Cl2N2O2/c1-33-28(20-21-7-5-6-10-25(21)29(33)35)24(22-11-12-26(31)27(32)19-22)13-16-34-17-14-30(36,15-18-34)23-8-3-2-4-9-23/h2-12,19-20,24,36H,13-18H2,1H3/t24-/m0/s1. The van der Waals surface area contributed by atoms with Crippen molar-refractivity contribution < 1.29 is 5.11 Å². The predicted octanol–water partition coefficient (Wildman–Crippen LogP) is 6.35. The zero-order chi connectivity index (χ0) is 25.3. The van der Waals surface area contributed by atoms with Gasteiger partial charge in [0.05, 0.1) is 15.6 Å². The fourth-order valence-electron chi connectivity index (χ4n) is 5.42. The van der Waals surface area contributed by atoms with Crippen LogP contribution in [0, 0.1) is 0 Å². The summed E-state index contributed by atoms with van der Waals surface area (Å²) >= 11 is 12.6. The van der Waals surface area contributed by atoms with Crippen LogP contribution in [0.1, 0.15) is 42.0 Å². The summed E-state index contributed by atoms with van der Waals surface area (Å²) in [6.07, 6.45) is 2.21. The minimum atomic E-state index is -0.775. The Morgan fingerprint density at radius 2 is 1.61 bits per heavy atom. The molecule has 0 spiro atoms. The van der Waals surface area contributed by atoms with Crippen LogP contribution >= 0.6 is 23.2 Å². The minimum absolute atomic E-state index is 0.000872. The van der Waals surface area contributed by atoms with Gasteiger partial charge in [0.15, 0.2) is 0 Å². The number of likely N-dealkylation sites (tertiary alicyclic amines) is 1. The van der Waals surface area contributed by atoms with Gasteiger partial charge in [-0.2, -0.15) is 0 Å². The van der Waals surface area contributed by atoms with Gasteiger partial charge in [-0.15, -0.1) is 0 Å². The Labute approximate surface area is 221 Å². The van der Waals surface area contributed by atoms with Gasteiger partial charge in [0.1, 0.15) is 0 Å². The van der Waals surface area contributed by atoms with E-state index in [1.54, 1.807) is 4.57 Å². The van der Waals surface area contributed by atoms with E-state index in [1.165, 1.54) is 0 Å². The van der Waals surface area contributed by atoms with E-state index in [4.69, 9.17) is 23.2 Å². The molecule has 0 bridgehead atoms. The van der Waals surface area contributed by atoms with Crippen LogP contribution in [0.2, 0.25) is 10.0 Å². The normalized spacial score (nSPS) is 16.8. The summed E-state index contributed by atoms with van der Waals surface area (Å²) < 4.78 is 1.76. The van der Waals surface area contributed by atoms with Crippen LogP contribution in [0.4, 0.5) is 0 Å². The van der Waals surface area contributed by atoms with Crippen LogP contribution in [0.15, 0.2) is 83.7 Å². The van der Waals surface area contributed by atoms with Crippen LogP contribution in [0.25, 0.3) is 10.8 Å². The average molecular weight is 521 g/mol. The van der Waals surface area contributed by atoms with Crippen LogP contribution in [0.3, 0.4) is 0 Å². The summed E-state index contributed by atoms with van der Waals surface area (Å²) in [4.78, 5) is 15.6. The Hall–Kier alpha value is -2.63. The molecular weight excluding hydrogens is 491 g/mol. The summed E-state index contributed by atoms with van der Waals surface area (Å²) in [6.45, 7) is 2.48.